The number of nitrogens with zero attached hydrogens (tertiary/aromatic N) is 4. The average Bonchev–Trinajstić information content (AvgIpc) is 3.14. The van der Waals surface area contributed by atoms with Crippen LogP contribution in [-0.4, -0.2) is 66.1 Å². The molecule has 3 heterocycles. The Balaban J connectivity index is 1.78. The number of aliphatic hydroxyl groups excluding tert-OH is 1. The van der Waals surface area contributed by atoms with Gasteiger partial charge in [0.25, 0.3) is 0 Å². The number of aliphatic hydroxyl groups is 1. The summed E-state index contributed by atoms with van der Waals surface area (Å²) in [5.74, 6) is 0.489. The van der Waals surface area contributed by atoms with E-state index in [4.69, 9.17) is 30.9 Å². The number of ether oxygens (including phenoxy) is 2. The second-order valence-electron chi connectivity index (χ2n) is 8.20. The first-order valence-corrected chi connectivity index (χ1v) is 11.2. The third kappa shape index (κ3) is 5.85. The molecule has 1 fully saturated rings. The van der Waals surface area contributed by atoms with Crippen LogP contribution in [-0.2, 0) is 14.0 Å². The van der Waals surface area contributed by atoms with Crippen molar-refractivity contribution in [1.29, 1.82) is 0 Å². The number of rotatable bonds is 7. The standard InChI is InChI=1S/C16H25ClN5O6P/c1-16(2,3)6-18-12-11-13(21-15(17)20-12)22(7-19-11)14-10(23)4-9(28-14)5-27-8-29(24,25)26/h7,9-10,14,23H,4-6,8H2,1-3H3,(H,18,20,21)(H2,24,25,26)/t9-,10+,14+/m0/s1. The molecule has 0 saturated carbocycles. The Bertz CT molecular complexity index is 913. The van der Waals surface area contributed by atoms with E-state index >= 15 is 0 Å². The molecule has 0 unspecified atom stereocenters. The predicted octanol–water partition coefficient (Wildman–Crippen LogP) is 1.74. The summed E-state index contributed by atoms with van der Waals surface area (Å²) in [6.45, 7) is 6.82. The van der Waals surface area contributed by atoms with Crippen LogP contribution in [0, 0.1) is 5.41 Å². The molecule has 1 aliphatic rings. The maximum atomic E-state index is 10.9. The molecule has 2 aromatic heterocycles. The lowest BCUT2D eigenvalue weighted by atomic mass is 9.97. The van der Waals surface area contributed by atoms with Crippen LogP contribution in [0.15, 0.2) is 6.33 Å². The van der Waals surface area contributed by atoms with E-state index in [1.165, 1.54) is 6.33 Å². The minimum Gasteiger partial charge on any atom is -0.388 e. The molecule has 162 valence electrons. The summed E-state index contributed by atoms with van der Waals surface area (Å²) < 4.78 is 23.3. The Kier molecular flexibility index (Phi) is 6.50. The summed E-state index contributed by atoms with van der Waals surface area (Å²) in [6, 6.07) is 0. The monoisotopic (exact) mass is 449 g/mol. The van der Waals surface area contributed by atoms with Gasteiger partial charge in [-0.25, -0.2) is 4.98 Å². The van der Waals surface area contributed by atoms with Gasteiger partial charge in [0.1, 0.15) is 12.5 Å². The van der Waals surface area contributed by atoms with Crippen molar-refractivity contribution in [2.75, 3.05) is 24.8 Å². The quantitative estimate of drug-likeness (QED) is 0.363. The SMILES string of the molecule is CC(C)(C)CNc1nc(Cl)nc2c1ncn2[C@@H]1O[C@H](COCP(=O)(O)O)C[C@H]1O. The predicted molar refractivity (Wildman–Crippen MR) is 106 cm³/mol. The van der Waals surface area contributed by atoms with Gasteiger partial charge in [0.2, 0.25) is 5.28 Å². The summed E-state index contributed by atoms with van der Waals surface area (Å²) in [5.41, 5.74) is 0.912. The van der Waals surface area contributed by atoms with Crippen LogP contribution < -0.4 is 5.32 Å². The molecule has 0 aromatic carbocycles. The summed E-state index contributed by atoms with van der Waals surface area (Å²) in [4.78, 5) is 30.5. The minimum atomic E-state index is -4.26. The van der Waals surface area contributed by atoms with Crippen molar-refractivity contribution in [3.05, 3.63) is 11.6 Å². The van der Waals surface area contributed by atoms with E-state index in [-0.39, 0.29) is 23.7 Å². The molecular formula is C16H25ClN5O6P. The number of nitrogens with one attached hydrogen (secondary N) is 1. The topological polar surface area (TPSA) is 152 Å². The van der Waals surface area contributed by atoms with Gasteiger partial charge in [0, 0.05) is 13.0 Å². The van der Waals surface area contributed by atoms with Crippen molar-refractivity contribution in [3.63, 3.8) is 0 Å². The minimum absolute atomic E-state index is 0.0113. The molecule has 13 heteroatoms. The number of imidazole rings is 1. The molecule has 0 spiro atoms. The second kappa shape index (κ2) is 8.43. The summed E-state index contributed by atoms with van der Waals surface area (Å²) in [5, 5.41) is 13.7. The van der Waals surface area contributed by atoms with Gasteiger partial charge >= 0.3 is 7.60 Å². The molecular weight excluding hydrogens is 425 g/mol. The van der Waals surface area contributed by atoms with Crippen LogP contribution in [0.1, 0.15) is 33.4 Å². The van der Waals surface area contributed by atoms with Crippen LogP contribution in [0.3, 0.4) is 0 Å². The van der Waals surface area contributed by atoms with E-state index in [2.05, 4.69) is 41.0 Å². The van der Waals surface area contributed by atoms with Gasteiger partial charge in [-0.15, -0.1) is 0 Å². The fraction of sp³-hybridized carbons (Fsp3) is 0.688. The first-order valence-electron chi connectivity index (χ1n) is 9.03. The number of fused-ring (bicyclic) bond motifs is 1. The molecule has 1 saturated heterocycles. The van der Waals surface area contributed by atoms with Crippen molar-refractivity contribution in [2.24, 2.45) is 5.41 Å². The Morgan fingerprint density at radius 2 is 2.14 bits per heavy atom. The second-order valence-corrected chi connectivity index (χ2v) is 10.1. The fourth-order valence-corrected chi connectivity index (χ4v) is 3.45. The largest absolute Gasteiger partial charge is 0.388 e. The van der Waals surface area contributed by atoms with Gasteiger partial charge in [0.05, 0.1) is 19.0 Å². The van der Waals surface area contributed by atoms with Gasteiger partial charge in [0.15, 0.2) is 23.2 Å². The fourth-order valence-electron chi connectivity index (χ4n) is 2.94. The van der Waals surface area contributed by atoms with Gasteiger partial charge in [-0.1, -0.05) is 20.8 Å². The number of anilines is 1. The van der Waals surface area contributed by atoms with Crippen LogP contribution in [0.4, 0.5) is 5.82 Å². The number of hydrogen-bond acceptors (Lipinski definition) is 8. The lowest BCUT2D eigenvalue weighted by molar-refractivity contribution is -0.0567. The maximum Gasteiger partial charge on any atom is 0.350 e. The van der Waals surface area contributed by atoms with E-state index < -0.39 is 32.4 Å². The van der Waals surface area contributed by atoms with E-state index in [0.29, 0.717) is 23.5 Å². The highest BCUT2D eigenvalue weighted by molar-refractivity contribution is 7.51. The lowest BCUT2D eigenvalue weighted by Crippen LogP contribution is -2.21. The molecule has 0 bridgehead atoms. The molecule has 0 aliphatic carbocycles. The van der Waals surface area contributed by atoms with Gasteiger partial charge in [-0.2, -0.15) is 9.97 Å². The molecule has 3 rings (SSSR count). The zero-order valence-corrected chi connectivity index (χ0v) is 18.0. The molecule has 0 radical (unpaired) electrons. The van der Waals surface area contributed by atoms with Gasteiger partial charge < -0.3 is 29.7 Å². The molecule has 2 aromatic rings. The third-order valence-electron chi connectivity index (χ3n) is 4.18. The Labute approximate surface area is 172 Å². The highest BCUT2D eigenvalue weighted by Crippen LogP contribution is 2.36. The van der Waals surface area contributed by atoms with Crippen molar-refractivity contribution in [3.8, 4) is 0 Å². The van der Waals surface area contributed by atoms with Crippen molar-refractivity contribution in [2.45, 2.75) is 45.6 Å². The zero-order valence-electron chi connectivity index (χ0n) is 16.3. The molecule has 4 N–H and O–H groups in total. The first kappa shape index (κ1) is 22.4. The number of hydrogen-bond donors (Lipinski definition) is 4. The molecule has 3 atom stereocenters. The van der Waals surface area contributed by atoms with Crippen LogP contribution in [0.5, 0.6) is 0 Å². The van der Waals surface area contributed by atoms with Gasteiger partial charge in [-0.3, -0.25) is 9.13 Å². The number of aromatic nitrogens is 4. The Morgan fingerprint density at radius 1 is 1.41 bits per heavy atom. The van der Waals surface area contributed by atoms with Crippen molar-refractivity contribution < 1.29 is 28.9 Å². The Hall–Kier alpha value is -1.33. The molecule has 29 heavy (non-hydrogen) atoms. The van der Waals surface area contributed by atoms with E-state index in [9.17, 15) is 9.67 Å². The van der Waals surface area contributed by atoms with E-state index in [1.807, 2.05) is 0 Å². The van der Waals surface area contributed by atoms with Gasteiger partial charge in [-0.05, 0) is 17.0 Å². The molecule has 1 aliphatic heterocycles. The highest BCUT2D eigenvalue weighted by Gasteiger charge is 2.37. The Morgan fingerprint density at radius 3 is 2.79 bits per heavy atom. The average molecular weight is 450 g/mol. The van der Waals surface area contributed by atoms with Crippen molar-refractivity contribution >= 4 is 36.2 Å². The number of halogens is 1. The lowest BCUT2D eigenvalue weighted by Gasteiger charge is -2.19. The van der Waals surface area contributed by atoms with E-state index in [1.54, 1.807) is 4.57 Å². The van der Waals surface area contributed by atoms with Crippen LogP contribution in [0.2, 0.25) is 5.28 Å². The summed E-state index contributed by atoms with van der Waals surface area (Å²) in [7, 11) is -4.26. The molecule has 0 amide bonds. The van der Waals surface area contributed by atoms with Crippen LogP contribution in [0.25, 0.3) is 11.2 Å². The third-order valence-corrected chi connectivity index (χ3v) is 4.87. The first-order chi connectivity index (χ1) is 13.4. The summed E-state index contributed by atoms with van der Waals surface area (Å²) in [6.07, 6.45) is -1.17. The molecule has 11 nitrogen and oxygen atoms in total. The van der Waals surface area contributed by atoms with Crippen LogP contribution >= 0.6 is 19.2 Å². The zero-order chi connectivity index (χ0) is 21.4. The smallest absolute Gasteiger partial charge is 0.350 e. The van der Waals surface area contributed by atoms with Crippen molar-refractivity contribution in [1.82, 2.24) is 19.5 Å². The maximum absolute atomic E-state index is 10.9. The van der Waals surface area contributed by atoms with E-state index in [0.717, 1.165) is 0 Å². The summed E-state index contributed by atoms with van der Waals surface area (Å²) >= 11 is 6.09. The highest BCUT2D eigenvalue weighted by atomic mass is 35.5. The normalized spacial score (nSPS) is 23.1.